The molecule has 1 heterocycles. The number of aryl methyl sites for hydroxylation is 1. The Morgan fingerprint density at radius 3 is 2.47 bits per heavy atom. The SMILES string of the molecule is CC(N)CCc1nc(C2CCC(C(C)C)CC2)no1. The molecule has 0 amide bonds. The van der Waals surface area contributed by atoms with Crippen molar-refractivity contribution in [2.75, 3.05) is 0 Å². The molecular formula is C15H27N3O. The van der Waals surface area contributed by atoms with E-state index in [0.717, 1.165) is 36.4 Å². The molecule has 0 aliphatic heterocycles. The highest BCUT2D eigenvalue weighted by Gasteiger charge is 2.27. The minimum Gasteiger partial charge on any atom is -0.339 e. The normalized spacial score (nSPS) is 25.7. The summed E-state index contributed by atoms with van der Waals surface area (Å²) in [4.78, 5) is 4.54. The van der Waals surface area contributed by atoms with Crippen LogP contribution in [0, 0.1) is 11.8 Å². The van der Waals surface area contributed by atoms with Gasteiger partial charge in [0.1, 0.15) is 0 Å². The predicted octanol–water partition coefficient (Wildman–Crippen LogP) is 3.28. The quantitative estimate of drug-likeness (QED) is 0.887. The molecule has 0 radical (unpaired) electrons. The second-order valence-corrected chi connectivity index (χ2v) is 6.42. The molecule has 1 unspecified atom stereocenters. The van der Waals surface area contributed by atoms with E-state index >= 15 is 0 Å². The Bertz CT molecular complexity index is 378. The van der Waals surface area contributed by atoms with Gasteiger partial charge in [-0.1, -0.05) is 19.0 Å². The van der Waals surface area contributed by atoms with Gasteiger partial charge in [0, 0.05) is 18.4 Å². The van der Waals surface area contributed by atoms with Crippen molar-refractivity contribution in [1.82, 2.24) is 10.1 Å². The highest BCUT2D eigenvalue weighted by Crippen LogP contribution is 2.37. The molecule has 0 aromatic carbocycles. The molecule has 0 spiro atoms. The second-order valence-electron chi connectivity index (χ2n) is 6.42. The number of hydrogen-bond acceptors (Lipinski definition) is 4. The molecule has 108 valence electrons. The molecule has 1 aromatic rings. The lowest BCUT2D eigenvalue weighted by molar-refractivity contribution is 0.251. The first-order chi connectivity index (χ1) is 9.06. The van der Waals surface area contributed by atoms with E-state index in [1.165, 1.54) is 25.7 Å². The van der Waals surface area contributed by atoms with Crippen molar-refractivity contribution in [3.8, 4) is 0 Å². The Morgan fingerprint density at radius 2 is 1.89 bits per heavy atom. The van der Waals surface area contributed by atoms with Crippen LogP contribution in [0.4, 0.5) is 0 Å². The van der Waals surface area contributed by atoms with Gasteiger partial charge in [-0.25, -0.2) is 0 Å². The third-order valence-electron chi connectivity index (χ3n) is 4.38. The molecule has 19 heavy (non-hydrogen) atoms. The van der Waals surface area contributed by atoms with Crippen LogP contribution in [0.5, 0.6) is 0 Å². The van der Waals surface area contributed by atoms with E-state index in [-0.39, 0.29) is 6.04 Å². The number of nitrogens with two attached hydrogens (primary N) is 1. The van der Waals surface area contributed by atoms with Crippen LogP contribution in [0.25, 0.3) is 0 Å². The zero-order chi connectivity index (χ0) is 13.8. The van der Waals surface area contributed by atoms with Crippen LogP contribution < -0.4 is 5.73 Å². The van der Waals surface area contributed by atoms with Gasteiger partial charge in [0.05, 0.1) is 0 Å². The van der Waals surface area contributed by atoms with Crippen LogP contribution in [0.3, 0.4) is 0 Å². The smallest absolute Gasteiger partial charge is 0.226 e. The fraction of sp³-hybridized carbons (Fsp3) is 0.867. The number of rotatable bonds is 5. The van der Waals surface area contributed by atoms with E-state index in [1.807, 2.05) is 6.92 Å². The van der Waals surface area contributed by atoms with Crippen molar-refractivity contribution in [1.29, 1.82) is 0 Å². The van der Waals surface area contributed by atoms with Crippen LogP contribution in [-0.4, -0.2) is 16.2 Å². The first kappa shape index (κ1) is 14.5. The van der Waals surface area contributed by atoms with Crippen LogP contribution >= 0.6 is 0 Å². The Labute approximate surface area is 116 Å². The summed E-state index contributed by atoms with van der Waals surface area (Å²) in [6.07, 6.45) is 6.70. The summed E-state index contributed by atoms with van der Waals surface area (Å²) in [5, 5.41) is 4.16. The molecule has 4 heteroatoms. The summed E-state index contributed by atoms with van der Waals surface area (Å²) in [5.74, 6) is 3.84. The summed E-state index contributed by atoms with van der Waals surface area (Å²) >= 11 is 0. The van der Waals surface area contributed by atoms with Crippen molar-refractivity contribution in [2.24, 2.45) is 17.6 Å². The maximum absolute atomic E-state index is 5.74. The van der Waals surface area contributed by atoms with Gasteiger partial charge >= 0.3 is 0 Å². The lowest BCUT2D eigenvalue weighted by Gasteiger charge is -2.29. The highest BCUT2D eigenvalue weighted by atomic mass is 16.5. The maximum Gasteiger partial charge on any atom is 0.226 e. The summed E-state index contributed by atoms with van der Waals surface area (Å²) in [7, 11) is 0. The Balaban J connectivity index is 1.86. The molecule has 2 rings (SSSR count). The average Bonchev–Trinajstić information content (AvgIpc) is 2.85. The molecule has 1 aromatic heterocycles. The monoisotopic (exact) mass is 265 g/mol. The largest absolute Gasteiger partial charge is 0.339 e. The van der Waals surface area contributed by atoms with Crippen molar-refractivity contribution in [3.63, 3.8) is 0 Å². The van der Waals surface area contributed by atoms with Crippen molar-refractivity contribution < 1.29 is 4.52 Å². The molecule has 1 saturated carbocycles. The van der Waals surface area contributed by atoms with Gasteiger partial charge in [0.25, 0.3) is 0 Å². The van der Waals surface area contributed by atoms with Gasteiger partial charge in [-0.15, -0.1) is 0 Å². The third-order valence-corrected chi connectivity index (χ3v) is 4.38. The molecule has 0 bridgehead atoms. The van der Waals surface area contributed by atoms with Gasteiger partial charge in [-0.05, 0) is 50.9 Å². The molecule has 2 N–H and O–H groups in total. The van der Waals surface area contributed by atoms with E-state index in [1.54, 1.807) is 0 Å². The molecule has 0 saturated heterocycles. The standard InChI is InChI=1S/C15H27N3O/c1-10(2)12-5-7-13(8-6-12)15-17-14(19-18-15)9-4-11(3)16/h10-13H,4-9,16H2,1-3H3. The summed E-state index contributed by atoms with van der Waals surface area (Å²) in [6.45, 7) is 6.65. The van der Waals surface area contributed by atoms with Crippen molar-refractivity contribution in [3.05, 3.63) is 11.7 Å². The molecule has 1 fully saturated rings. The maximum atomic E-state index is 5.74. The van der Waals surface area contributed by atoms with Crippen molar-refractivity contribution in [2.45, 2.75) is 71.3 Å². The molecular weight excluding hydrogens is 238 g/mol. The van der Waals surface area contributed by atoms with Gasteiger partial charge < -0.3 is 10.3 Å². The Morgan fingerprint density at radius 1 is 1.21 bits per heavy atom. The average molecular weight is 265 g/mol. The zero-order valence-electron chi connectivity index (χ0n) is 12.4. The van der Waals surface area contributed by atoms with E-state index in [0.29, 0.717) is 5.92 Å². The fourth-order valence-corrected chi connectivity index (χ4v) is 2.93. The van der Waals surface area contributed by atoms with Gasteiger partial charge in [0.15, 0.2) is 5.82 Å². The first-order valence-electron chi connectivity index (χ1n) is 7.64. The van der Waals surface area contributed by atoms with E-state index in [9.17, 15) is 0 Å². The summed E-state index contributed by atoms with van der Waals surface area (Å²) < 4.78 is 5.33. The molecule has 4 nitrogen and oxygen atoms in total. The molecule has 1 atom stereocenters. The Hall–Kier alpha value is -0.900. The number of nitrogens with zero attached hydrogens (tertiary/aromatic N) is 2. The zero-order valence-corrected chi connectivity index (χ0v) is 12.4. The van der Waals surface area contributed by atoms with Crippen LogP contribution in [0.1, 0.15) is 70.5 Å². The molecule has 1 aliphatic rings. The van der Waals surface area contributed by atoms with E-state index in [4.69, 9.17) is 10.3 Å². The van der Waals surface area contributed by atoms with Crippen molar-refractivity contribution >= 4 is 0 Å². The lowest BCUT2D eigenvalue weighted by atomic mass is 9.77. The van der Waals surface area contributed by atoms with Crippen LogP contribution in [0.2, 0.25) is 0 Å². The second kappa shape index (κ2) is 6.51. The topological polar surface area (TPSA) is 64.9 Å². The Kier molecular flexibility index (Phi) is 4.97. The highest BCUT2D eigenvalue weighted by molar-refractivity contribution is 4.98. The number of hydrogen-bond donors (Lipinski definition) is 1. The molecule has 1 aliphatic carbocycles. The minimum absolute atomic E-state index is 0.192. The van der Waals surface area contributed by atoms with E-state index in [2.05, 4.69) is 24.0 Å². The van der Waals surface area contributed by atoms with Gasteiger partial charge in [0.2, 0.25) is 5.89 Å². The lowest BCUT2D eigenvalue weighted by Crippen LogP contribution is -2.18. The number of aromatic nitrogens is 2. The van der Waals surface area contributed by atoms with Gasteiger partial charge in [-0.2, -0.15) is 4.98 Å². The fourth-order valence-electron chi connectivity index (χ4n) is 2.93. The minimum atomic E-state index is 0.192. The third kappa shape index (κ3) is 4.03. The first-order valence-corrected chi connectivity index (χ1v) is 7.64. The van der Waals surface area contributed by atoms with Crippen LogP contribution in [-0.2, 0) is 6.42 Å². The van der Waals surface area contributed by atoms with Crippen LogP contribution in [0.15, 0.2) is 4.52 Å². The van der Waals surface area contributed by atoms with Gasteiger partial charge in [-0.3, -0.25) is 0 Å². The predicted molar refractivity (Wildman–Crippen MR) is 75.8 cm³/mol. The summed E-state index contributed by atoms with van der Waals surface area (Å²) in [6, 6.07) is 0.192. The van der Waals surface area contributed by atoms with E-state index < -0.39 is 0 Å². The summed E-state index contributed by atoms with van der Waals surface area (Å²) in [5.41, 5.74) is 5.74.